The molecule has 20 heavy (non-hydrogen) atoms. The minimum absolute atomic E-state index is 0.0400. The zero-order chi connectivity index (χ0) is 15.0. The van der Waals surface area contributed by atoms with Crippen LogP contribution in [0.2, 0.25) is 0 Å². The molecular weight excluding hydrogens is 282 g/mol. The molecule has 1 aromatic carbocycles. The molecule has 0 aliphatic heterocycles. The van der Waals surface area contributed by atoms with Crippen LogP contribution < -0.4 is 9.47 Å². The molecule has 0 unspecified atom stereocenters. The Morgan fingerprint density at radius 1 is 1.05 bits per heavy atom. The largest absolute Gasteiger partial charge is 0.499 e. The number of aromatic nitrogens is 3. The van der Waals surface area contributed by atoms with E-state index in [4.69, 9.17) is 5.11 Å². The number of nitrogens with zero attached hydrogens (tertiary/aromatic N) is 3. The van der Waals surface area contributed by atoms with Crippen LogP contribution in [0.3, 0.4) is 0 Å². The first kappa shape index (κ1) is 15.6. The summed E-state index contributed by atoms with van der Waals surface area (Å²) in [7, 11) is 2.71. The second kappa shape index (κ2) is 7.85. The van der Waals surface area contributed by atoms with E-state index in [1.807, 2.05) is 18.2 Å². The molecule has 105 valence electrons. The van der Waals surface area contributed by atoms with Crippen LogP contribution in [-0.4, -0.2) is 39.3 Å². The fourth-order valence-electron chi connectivity index (χ4n) is 1.08. The summed E-state index contributed by atoms with van der Waals surface area (Å²) in [5.41, 5.74) is 0.701. The predicted molar refractivity (Wildman–Crippen MR) is 73.8 cm³/mol. The Morgan fingerprint density at radius 2 is 1.55 bits per heavy atom. The molecule has 7 nitrogen and oxygen atoms in total. The van der Waals surface area contributed by atoms with Gasteiger partial charge in [-0.05, 0) is 12.2 Å². The summed E-state index contributed by atoms with van der Waals surface area (Å²) in [5, 5.41) is 19.3. The lowest BCUT2D eigenvalue weighted by molar-refractivity contribution is 0.278. The van der Waals surface area contributed by atoms with Gasteiger partial charge in [-0.3, -0.25) is 0 Å². The van der Waals surface area contributed by atoms with Crippen molar-refractivity contribution in [3.63, 3.8) is 0 Å². The van der Waals surface area contributed by atoms with Gasteiger partial charge in [0.15, 0.2) is 5.05 Å². The van der Waals surface area contributed by atoms with Gasteiger partial charge >= 0.3 is 18.0 Å². The molecule has 0 saturated heterocycles. The Kier molecular flexibility index (Phi) is 6.11. The van der Waals surface area contributed by atoms with E-state index >= 15 is 0 Å². The third-order valence-corrected chi connectivity index (χ3v) is 2.20. The minimum Gasteiger partial charge on any atom is -0.499 e. The number of aliphatic hydroxyl groups is 1. The van der Waals surface area contributed by atoms with Crippen LogP contribution in [-0.2, 0) is 5.11 Å². The van der Waals surface area contributed by atoms with Crippen molar-refractivity contribution >= 4 is 17.3 Å². The van der Waals surface area contributed by atoms with Gasteiger partial charge in [-0.25, -0.2) is 5.11 Å². The van der Waals surface area contributed by atoms with E-state index < -0.39 is 6.01 Å². The van der Waals surface area contributed by atoms with Crippen LogP contribution in [0.5, 0.6) is 18.0 Å². The zero-order valence-electron chi connectivity index (χ0n) is 10.8. The summed E-state index contributed by atoms with van der Waals surface area (Å²) in [4.78, 5) is 10.2. The number of thiocarbonyl (C=S) groups is 1. The number of methoxy groups -OCH3 is 2. The van der Waals surface area contributed by atoms with E-state index in [1.165, 1.54) is 14.2 Å². The van der Waals surface area contributed by atoms with E-state index in [0.717, 1.165) is 0 Å². The number of ether oxygens (including phenoxy) is 2. The average Bonchev–Trinajstić information content (AvgIpc) is 2.48. The van der Waals surface area contributed by atoms with Gasteiger partial charge < -0.3 is 14.6 Å². The Bertz CT molecular complexity index is 544. The summed E-state index contributed by atoms with van der Waals surface area (Å²) >= 11 is 4.52. The summed E-state index contributed by atoms with van der Waals surface area (Å²) in [5.74, 6) is 0. The first-order valence-electron chi connectivity index (χ1n) is 5.36. The highest BCUT2D eigenvalue weighted by Crippen LogP contribution is 2.11. The fraction of sp³-hybridized carbons (Fsp3) is 0.167. The molecule has 0 aliphatic rings. The minimum atomic E-state index is -0.673. The Hall–Kier alpha value is -2.48. The van der Waals surface area contributed by atoms with E-state index in [-0.39, 0.29) is 17.1 Å². The van der Waals surface area contributed by atoms with Crippen LogP contribution >= 0.6 is 12.2 Å². The molecule has 0 aliphatic carbocycles. The first-order chi connectivity index (χ1) is 9.56. The lowest BCUT2D eigenvalue weighted by atomic mass is 10.2. The monoisotopic (exact) mass is 294 g/mol. The number of benzene rings is 1. The maximum atomic E-state index is 10.6. The molecular formula is C12H12N3O4S. The zero-order valence-corrected chi connectivity index (χ0v) is 11.6. The fourth-order valence-corrected chi connectivity index (χ4v) is 1.22. The van der Waals surface area contributed by atoms with Crippen molar-refractivity contribution in [2.75, 3.05) is 14.2 Å². The third kappa shape index (κ3) is 5.02. The molecule has 8 heteroatoms. The van der Waals surface area contributed by atoms with E-state index in [1.54, 1.807) is 12.1 Å². The average molecular weight is 294 g/mol. The van der Waals surface area contributed by atoms with Gasteiger partial charge in [-0.1, -0.05) is 30.3 Å². The Labute approximate surface area is 120 Å². The molecule has 0 spiro atoms. The smallest absolute Gasteiger partial charge is 0.376 e. The highest BCUT2D eigenvalue weighted by Gasteiger charge is 2.05. The molecule has 0 atom stereocenters. The van der Waals surface area contributed by atoms with Crippen molar-refractivity contribution < 1.29 is 19.7 Å². The van der Waals surface area contributed by atoms with Crippen LogP contribution in [0.25, 0.3) is 0 Å². The summed E-state index contributed by atoms with van der Waals surface area (Å²) in [6.45, 7) is 0. The van der Waals surface area contributed by atoms with Gasteiger partial charge in [-0.15, -0.1) is 15.0 Å². The van der Waals surface area contributed by atoms with Crippen LogP contribution in [0, 0.1) is 0 Å². The highest BCUT2D eigenvalue weighted by molar-refractivity contribution is 7.80. The number of hydrogen-bond donors (Lipinski definition) is 1. The van der Waals surface area contributed by atoms with Crippen LogP contribution in [0.4, 0.5) is 0 Å². The molecule has 1 N–H and O–H groups in total. The third-order valence-electron chi connectivity index (χ3n) is 1.96. The first-order valence-corrected chi connectivity index (χ1v) is 5.77. The van der Waals surface area contributed by atoms with Gasteiger partial charge in [0.05, 0.1) is 14.2 Å². The molecule has 2 aromatic rings. The Balaban J connectivity index is 0.000000204. The van der Waals surface area contributed by atoms with Crippen molar-refractivity contribution in [1.29, 1.82) is 0 Å². The van der Waals surface area contributed by atoms with Crippen molar-refractivity contribution in [2.24, 2.45) is 0 Å². The summed E-state index contributed by atoms with van der Waals surface area (Å²) in [6, 6.07) is 8.32. The maximum absolute atomic E-state index is 10.6. The van der Waals surface area contributed by atoms with Crippen molar-refractivity contribution in [1.82, 2.24) is 15.0 Å². The van der Waals surface area contributed by atoms with Crippen molar-refractivity contribution in [3.8, 4) is 18.0 Å². The van der Waals surface area contributed by atoms with Gasteiger partial charge in [0.25, 0.3) is 0 Å². The second-order valence-corrected chi connectivity index (χ2v) is 3.65. The number of rotatable bonds is 3. The summed E-state index contributed by atoms with van der Waals surface area (Å²) < 4.78 is 9.19. The van der Waals surface area contributed by atoms with E-state index in [0.29, 0.717) is 5.56 Å². The second-order valence-electron chi connectivity index (χ2n) is 3.26. The predicted octanol–water partition coefficient (Wildman–Crippen LogP) is 1.95. The topological polar surface area (TPSA) is 97.3 Å². The van der Waals surface area contributed by atoms with Crippen LogP contribution in [0.1, 0.15) is 5.56 Å². The standard InChI is InChI=1S/C7H6OS.C5H6N3O3/c8-7(9)6-4-2-1-3-5-6;1-10-4-6-3(9)7-5(8-4)11-2/h1-5H,(H,8,9);1-2H3. The summed E-state index contributed by atoms with van der Waals surface area (Å²) in [6.07, 6.45) is 0. The van der Waals surface area contributed by atoms with Crippen LogP contribution in [0.15, 0.2) is 30.3 Å². The molecule has 0 bridgehead atoms. The van der Waals surface area contributed by atoms with Crippen molar-refractivity contribution in [3.05, 3.63) is 35.9 Å². The molecule has 1 radical (unpaired) electrons. The van der Waals surface area contributed by atoms with Crippen molar-refractivity contribution in [2.45, 2.75) is 0 Å². The Morgan fingerprint density at radius 3 is 1.90 bits per heavy atom. The SMILES string of the molecule is COc1nc([O])nc(OC)n1.OC(=S)c1ccccc1. The van der Waals surface area contributed by atoms with Gasteiger partial charge in [0.1, 0.15) is 0 Å². The van der Waals surface area contributed by atoms with E-state index in [2.05, 4.69) is 36.6 Å². The molecule has 0 amide bonds. The number of hydrogen-bond acceptors (Lipinski definition) is 6. The lowest BCUT2D eigenvalue weighted by Crippen LogP contribution is -1.97. The quantitative estimate of drug-likeness (QED) is 0.864. The van der Waals surface area contributed by atoms with E-state index in [9.17, 15) is 5.11 Å². The molecule has 1 heterocycles. The lowest BCUT2D eigenvalue weighted by Gasteiger charge is -1.98. The molecule has 0 fully saturated rings. The molecule has 2 rings (SSSR count). The normalized spacial score (nSPS) is 9.10. The van der Waals surface area contributed by atoms with Gasteiger partial charge in [-0.2, -0.15) is 0 Å². The van der Waals surface area contributed by atoms with Gasteiger partial charge in [0.2, 0.25) is 0 Å². The van der Waals surface area contributed by atoms with Gasteiger partial charge in [0, 0.05) is 5.56 Å². The molecule has 0 saturated carbocycles. The molecule has 1 aromatic heterocycles. The number of aliphatic hydroxyl groups excluding tert-OH is 1. The highest BCUT2D eigenvalue weighted by atomic mass is 32.1. The maximum Gasteiger partial charge on any atom is 0.376 e.